The summed E-state index contributed by atoms with van der Waals surface area (Å²) in [5.74, 6) is 0.549. The monoisotopic (exact) mass is 405 g/mol. The number of aliphatic hydroxyl groups excluding tert-OH is 1. The Balaban J connectivity index is 2.59. The molecule has 0 aliphatic rings. The molecule has 0 spiro atoms. The SMILES string of the molecule is CCNC(=O)c1c(NC(CC)CO)cc(C)nc1Oc1c(C)cc(Cl)cc1C. The molecule has 3 N–H and O–H groups in total. The van der Waals surface area contributed by atoms with Crippen LogP contribution in [-0.2, 0) is 0 Å². The molecular formula is C21H28ClN3O3. The Labute approximate surface area is 171 Å². The summed E-state index contributed by atoms with van der Waals surface area (Å²) < 4.78 is 6.13. The van der Waals surface area contributed by atoms with Crippen LogP contribution in [0.25, 0.3) is 0 Å². The number of anilines is 1. The number of aromatic nitrogens is 1. The molecule has 0 aliphatic carbocycles. The number of aliphatic hydroxyl groups is 1. The summed E-state index contributed by atoms with van der Waals surface area (Å²) in [4.78, 5) is 17.3. The molecule has 0 saturated heterocycles. The molecule has 1 aromatic carbocycles. The van der Waals surface area contributed by atoms with Crippen molar-refractivity contribution in [3.05, 3.63) is 45.6 Å². The second kappa shape index (κ2) is 9.75. The van der Waals surface area contributed by atoms with Gasteiger partial charge in [0.15, 0.2) is 0 Å². The minimum absolute atomic E-state index is 0.0434. The van der Waals surface area contributed by atoms with Gasteiger partial charge in [0.2, 0.25) is 5.88 Å². The predicted octanol–water partition coefficient (Wildman–Crippen LogP) is 4.39. The van der Waals surface area contributed by atoms with Crippen LogP contribution in [0.2, 0.25) is 5.02 Å². The molecule has 1 atom stereocenters. The van der Waals surface area contributed by atoms with Gasteiger partial charge in [-0.05, 0) is 63.4 Å². The van der Waals surface area contributed by atoms with Crippen LogP contribution in [0.3, 0.4) is 0 Å². The Hall–Kier alpha value is -2.31. The molecule has 0 radical (unpaired) electrons. The molecular weight excluding hydrogens is 378 g/mol. The third-order valence-corrected chi connectivity index (χ3v) is 4.59. The maximum Gasteiger partial charge on any atom is 0.258 e. The van der Waals surface area contributed by atoms with E-state index in [1.165, 1.54) is 0 Å². The van der Waals surface area contributed by atoms with Crippen LogP contribution < -0.4 is 15.4 Å². The standard InChI is InChI=1S/C21H28ClN3O3/c1-6-16(11-26)25-17-10-14(5)24-21(18(17)20(27)23-7-2)28-19-12(3)8-15(22)9-13(19)4/h8-10,16,26H,6-7,11H2,1-5H3,(H,23,27)(H,24,25). The number of carbonyl (C=O) groups excluding carboxylic acids is 1. The fourth-order valence-electron chi connectivity index (χ4n) is 2.95. The first-order valence-electron chi connectivity index (χ1n) is 9.42. The van der Waals surface area contributed by atoms with Gasteiger partial charge in [-0.2, -0.15) is 0 Å². The number of ether oxygens (including phenoxy) is 1. The van der Waals surface area contributed by atoms with Gasteiger partial charge in [-0.1, -0.05) is 18.5 Å². The van der Waals surface area contributed by atoms with Crippen molar-refractivity contribution in [1.29, 1.82) is 0 Å². The fourth-order valence-corrected chi connectivity index (χ4v) is 3.28. The highest BCUT2D eigenvalue weighted by molar-refractivity contribution is 6.30. The van der Waals surface area contributed by atoms with E-state index >= 15 is 0 Å². The lowest BCUT2D eigenvalue weighted by Gasteiger charge is -2.21. The normalized spacial score (nSPS) is 11.8. The van der Waals surface area contributed by atoms with E-state index in [1.807, 2.05) is 46.8 Å². The number of pyridine rings is 1. The van der Waals surface area contributed by atoms with Crippen molar-refractivity contribution in [2.45, 2.75) is 47.1 Å². The van der Waals surface area contributed by atoms with E-state index in [4.69, 9.17) is 16.3 Å². The molecule has 0 aliphatic heterocycles. The Kier molecular flexibility index (Phi) is 7.66. The van der Waals surface area contributed by atoms with Gasteiger partial charge in [0.25, 0.3) is 5.91 Å². The maximum atomic E-state index is 12.8. The summed E-state index contributed by atoms with van der Waals surface area (Å²) in [7, 11) is 0. The molecule has 0 saturated carbocycles. The van der Waals surface area contributed by atoms with E-state index in [0.717, 1.165) is 11.1 Å². The first-order chi connectivity index (χ1) is 13.3. The van der Waals surface area contributed by atoms with Crippen molar-refractivity contribution in [3.63, 3.8) is 0 Å². The van der Waals surface area contributed by atoms with E-state index in [2.05, 4.69) is 15.6 Å². The fraction of sp³-hybridized carbons (Fsp3) is 0.429. The average molecular weight is 406 g/mol. The summed E-state index contributed by atoms with van der Waals surface area (Å²) in [6.45, 7) is 9.87. The summed E-state index contributed by atoms with van der Waals surface area (Å²) in [6, 6.07) is 5.23. The van der Waals surface area contributed by atoms with Crippen molar-refractivity contribution < 1.29 is 14.6 Å². The highest BCUT2D eigenvalue weighted by Gasteiger charge is 2.23. The molecule has 1 unspecified atom stereocenters. The molecule has 2 rings (SSSR count). The number of amides is 1. The largest absolute Gasteiger partial charge is 0.438 e. The zero-order chi connectivity index (χ0) is 20.8. The van der Waals surface area contributed by atoms with Crippen molar-refractivity contribution in [3.8, 4) is 11.6 Å². The first kappa shape index (κ1) is 22.0. The lowest BCUT2D eigenvalue weighted by molar-refractivity contribution is 0.0953. The number of rotatable bonds is 8. The Morgan fingerprint density at radius 1 is 1.21 bits per heavy atom. The van der Waals surface area contributed by atoms with Gasteiger partial charge in [0.1, 0.15) is 11.3 Å². The average Bonchev–Trinajstić information content (AvgIpc) is 2.62. The van der Waals surface area contributed by atoms with Gasteiger partial charge in [-0.3, -0.25) is 4.79 Å². The number of nitrogens with zero attached hydrogens (tertiary/aromatic N) is 1. The van der Waals surface area contributed by atoms with Crippen LogP contribution in [-0.4, -0.2) is 35.2 Å². The number of hydrogen-bond donors (Lipinski definition) is 3. The number of nitrogens with one attached hydrogen (secondary N) is 2. The zero-order valence-corrected chi connectivity index (χ0v) is 17.8. The molecule has 6 nitrogen and oxygen atoms in total. The molecule has 1 amide bonds. The third kappa shape index (κ3) is 5.14. The van der Waals surface area contributed by atoms with E-state index in [-0.39, 0.29) is 24.4 Å². The van der Waals surface area contributed by atoms with Crippen molar-refractivity contribution >= 4 is 23.2 Å². The van der Waals surface area contributed by atoms with E-state index in [0.29, 0.717) is 40.7 Å². The lowest BCUT2D eigenvalue weighted by atomic mass is 10.1. The molecule has 0 fully saturated rings. The highest BCUT2D eigenvalue weighted by atomic mass is 35.5. The molecule has 28 heavy (non-hydrogen) atoms. The minimum atomic E-state index is -0.287. The topological polar surface area (TPSA) is 83.5 Å². The molecule has 1 heterocycles. The molecule has 7 heteroatoms. The van der Waals surface area contributed by atoms with Gasteiger partial charge in [-0.15, -0.1) is 0 Å². The van der Waals surface area contributed by atoms with Crippen molar-refractivity contribution in [2.75, 3.05) is 18.5 Å². The molecule has 1 aromatic heterocycles. The van der Waals surface area contributed by atoms with Crippen molar-refractivity contribution in [2.24, 2.45) is 0 Å². The predicted molar refractivity (Wildman–Crippen MR) is 113 cm³/mol. The van der Waals surface area contributed by atoms with Crippen molar-refractivity contribution in [1.82, 2.24) is 10.3 Å². The van der Waals surface area contributed by atoms with Gasteiger partial charge in [0, 0.05) is 23.3 Å². The molecule has 152 valence electrons. The van der Waals surface area contributed by atoms with E-state index in [9.17, 15) is 9.90 Å². The summed E-state index contributed by atoms with van der Waals surface area (Å²) >= 11 is 6.12. The number of aryl methyl sites for hydroxylation is 3. The molecule has 2 aromatic rings. The van der Waals surface area contributed by atoms with Crippen LogP contribution in [0.1, 0.15) is 47.4 Å². The Morgan fingerprint density at radius 2 is 1.86 bits per heavy atom. The van der Waals surface area contributed by atoms with E-state index < -0.39 is 0 Å². The minimum Gasteiger partial charge on any atom is -0.438 e. The van der Waals surface area contributed by atoms with Crippen LogP contribution in [0.4, 0.5) is 5.69 Å². The molecule has 0 bridgehead atoms. The summed E-state index contributed by atoms with van der Waals surface area (Å²) in [6.07, 6.45) is 0.707. The smallest absolute Gasteiger partial charge is 0.258 e. The van der Waals surface area contributed by atoms with E-state index in [1.54, 1.807) is 6.07 Å². The zero-order valence-electron chi connectivity index (χ0n) is 17.0. The number of carbonyl (C=O) groups is 1. The number of hydrogen-bond acceptors (Lipinski definition) is 5. The first-order valence-corrected chi connectivity index (χ1v) is 9.80. The van der Waals surface area contributed by atoms with Gasteiger partial charge < -0.3 is 20.5 Å². The van der Waals surface area contributed by atoms with Gasteiger partial charge in [-0.25, -0.2) is 4.98 Å². The maximum absolute atomic E-state index is 12.8. The van der Waals surface area contributed by atoms with Crippen LogP contribution >= 0.6 is 11.6 Å². The third-order valence-electron chi connectivity index (χ3n) is 4.38. The number of halogens is 1. The second-order valence-electron chi connectivity index (χ2n) is 6.75. The van der Waals surface area contributed by atoms with Crippen LogP contribution in [0.5, 0.6) is 11.6 Å². The quantitative estimate of drug-likeness (QED) is 0.606. The highest BCUT2D eigenvalue weighted by Crippen LogP contribution is 2.35. The van der Waals surface area contributed by atoms with Crippen LogP contribution in [0, 0.1) is 20.8 Å². The van der Waals surface area contributed by atoms with Crippen LogP contribution in [0.15, 0.2) is 18.2 Å². The Morgan fingerprint density at radius 3 is 2.39 bits per heavy atom. The summed E-state index contributed by atoms with van der Waals surface area (Å²) in [5.41, 5.74) is 3.30. The van der Waals surface area contributed by atoms with Gasteiger partial charge in [0.05, 0.1) is 12.3 Å². The number of benzene rings is 1. The Bertz CT molecular complexity index is 828. The second-order valence-corrected chi connectivity index (χ2v) is 7.19. The summed E-state index contributed by atoms with van der Waals surface area (Å²) in [5, 5.41) is 16.2. The van der Waals surface area contributed by atoms with Gasteiger partial charge >= 0.3 is 0 Å². The lowest BCUT2D eigenvalue weighted by Crippen LogP contribution is -2.28.